The van der Waals surface area contributed by atoms with Crippen LogP contribution in [-0.4, -0.2) is 22.3 Å². The molecule has 6 heteroatoms. The quantitative estimate of drug-likeness (QED) is 0.290. The predicted octanol–water partition coefficient (Wildman–Crippen LogP) is 4.76. The number of anilines is 1. The van der Waals surface area contributed by atoms with Gasteiger partial charge in [-0.2, -0.15) is 5.10 Å². The standard InChI is InChI=1S/C23H29N5.HI/c1-17-10-12-20(13-11-17)16-25-23(26-21-8-6-5-7-9-21)24-15-14-22-18(2)27-28(4)19(22)3;/h5-13H,14-16H2,1-4H3,(H2,24,25,26);1H. The molecule has 0 bridgehead atoms. The molecule has 0 saturated carbocycles. The number of nitrogens with one attached hydrogen (secondary N) is 2. The maximum Gasteiger partial charge on any atom is 0.196 e. The van der Waals surface area contributed by atoms with Crippen LogP contribution in [0.3, 0.4) is 0 Å². The van der Waals surface area contributed by atoms with E-state index in [0.717, 1.165) is 30.3 Å². The maximum atomic E-state index is 4.77. The second kappa shape index (κ2) is 11.0. The van der Waals surface area contributed by atoms with E-state index < -0.39 is 0 Å². The summed E-state index contributed by atoms with van der Waals surface area (Å²) in [5, 5.41) is 11.4. The largest absolute Gasteiger partial charge is 0.356 e. The zero-order valence-electron chi connectivity index (χ0n) is 17.6. The molecule has 5 nitrogen and oxygen atoms in total. The molecular weight excluding hydrogens is 473 g/mol. The molecular formula is C23H30IN5. The summed E-state index contributed by atoms with van der Waals surface area (Å²) < 4.78 is 1.94. The number of para-hydroxylation sites is 1. The van der Waals surface area contributed by atoms with Gasteiger partial charge in [0.1, 0.15) is 0 Å². The van der Waals surface area contributed by atoms with Gasteiger partial charge in [0.25, 0.3) is 0 Å². The van der Waals surface area contributed by atoms with E-state index in [0.29, 0.717) is 6.54 Å². The highest BCUT2D eigenvalue weighted by molar-refractivity contribution is 14.0. The Balaban J connectivity index is 0.00000300. The summed E-state index contributed by atoms with van der Waals surface area (Å²) in [6, 6.07) is 18.6. The van der Waals surface area contributed by atoms with Crippen molar-refractivity contribution in [2.45, 2.75) is 33.7 Å². The van der Waals surface area contributed by atoms with Crippen LogP contribution in [0.25, 0.3) is 0 Å². The number of guanidine groups is 1. The van der Waals surface area contributed by atoms with Crippen LogP contribution < -0.4 is 10.6 Å². The van der Waals surface area contributed by atoms with Crippen molar-refractivity contribution in [2.24, 2.45) is 12.0 Å². The first-order valence-electron chi connectivity index (χ1n) is 9.68. The monoisotopic (exact) mass is 503 g/mol. The van der Waals surface area contributed by atoms with E-state index >= 15 is 0 Å². The Labute approximate surface area is 190 Å². The van der Waals surface area contributed by atoms with Crippen molar-refractivity contribution in [1.82, 2.24) is 15.1 Å². The lowest BCUT2D eigenvalue weighted by molar-refractivity contribution is 0.729. The van der Waals surface area contributed by atoms with Gasteiger partial charge in [-0.1, -0.05) is 48.0 Å². The number of aliphatic imine (C=N–C) groups is 1. The number of halogens is 1. The van der Waals surface area contributed by atoms with E-state index in [-0.39, 0.29) is 24.0 Å². The molecule has 154 valence electrons. The third-order valence-electron chi connectivity index (χ3n) is 4.90. The molecule has 1 heterocycles. The van der Waals surface area contributed by atoms with E-state index in [1.165, 1.54) is 22.4 Å². The molecule has 0 fully saturated rings. The highest BCUT2D eigenvalue weighted by Gasteiger charge is 2.09. The van der Waals surface area contributed by atoms with Crippen molar-refractivity contribution < 1.29 is 0 Å². The topological polar surface area (TPSA) is 54.2 Å². The first kappa shape index (κ1) is 22.9. The van der Waals surface area contributed by atoms with Crippen molar-refractivity contribution in [3.05, 3.63) is 82.7 Å². The number of aromatic nitrogens is 2. The smallest absolute Gasteiger partial charge is 0.196 e. The molecule has 2 N–H and O–H groups in total. The molecule has 0 spiro atoms. The van der Waals surface area contributed by atoms with Crippen molar-refractivity contribution in [3.8, 4) is 0 Å². The fraction of sp³-hybridized carbons (Fsp3) is 0.304. The Bertz CT molecular complexity index is 930. The molecule has 0 atom stereocenters. The molecule has 0 aliphatic rings. The average molecular weight is 503 g/mol. The fourth-order valence-electron chi connectivity index (χ4n) is 3.15. The molecule has 3 aromatic rings. The zero-order valence-corrected chi connectivity index (χ0v) is 19.9. The second-order valence-electron chi connectivity index (χ2n) is 7.09. The second-order valence-corrected chi connectivity index (χ2v) is 7.09. The van der Waals surface area contributed by atoms with E-state index in [4.69, 9.17) is 4.99 Å². The van der Waals surface area contributed by atoms with Gasteiger partial charge in [-0.25, -0.2) is 4.99 Å². The van der Waals surface area contributed by atoms with Gasteiger partial charge in [0.05, 0.1) is 12.2 Å². The molecule has 2 aromatic carbocycles. The minimum Gasteiger partial charge on any atom is -0.356 e. The van der Waals surface area contributed by atoms with Gasteiger partial charge in [-0.15, -0.1) is 24.0 Å². The summed E-state index contributed by atoms with van der Waals surface area (Å²) in [5.41, 5.74) is 7.08. The molecule has 0 aliphatic heterocycles. The summed E-state index contributed by atoms with van der Waals surface area (Å²) in [6.45, 7) is 7.70. The van der Waals surface area contributed by atoms with Crippen LogP contribution in [0.15, 0.2) is 59.6 Å². The molecule has 29 heavy (non-hydrogen) atoms. The Morgan fingerprint density at radius 2 is 1.69 bits per heavy atom. The normalized spacial score (nSPS) is 11.1. The zero-order chi connectivity index (χ0) is 19.9. The van der Waals surface area contributed by atoms with Crippen LogP contribution >= 0.6 is 24.0 Å². The lowest BCUT2D eigenvalue weighted by Gasteiger charge is -2.13. The molecule has 0 aliphatic carbocycles. The Morgan fingerprint density at radius 1 is 1.00 bits per heavy atom. The van der Waals surface area contributed by atoms with Crippen molar-refractivity contribution in [1.29, 1.82) is 0 Å². The molecule has 3 rings (SSSR count). The van der Waals surface area contributed by atoms with Gasteiger partial charge in [-0.05, 0) is 50.5 Å². The summed E-state index contributed by atoms with van der Waals surface area (Å²) in [7, 11) is 1.99. The van der Waals surface area contributed by atoms with Gasteiger partial charge in [0.2, 0.25) is 0 Å². The minimum atomic E-state index is 0. The van der Waals surface area contributed by atoms with Crippen molar-refractivity contribution in [3.63, 3.8) is 0 Å². The van der Waals surface area contributed by atoms with Crippen LogP contribution in [0.4, 0.5) is 5.69 Å². The summed E-state index contributed by atoms with van der Waals surface area (Å²) >= 11 is 0. The molecule has 0 radical (unpaired) electrons. The van der Waals surface area contributed by atoms with Crippen LogP contribution in [0, 0.1) is 20.8 Å². The predicted molar refractivity (Wildman–Crippen MR) is 132 cm³/mol. The van der Waals surface area contributed by atoms with Crippen LogP contribution in [0.1, 0.15) is 28.1 Å². The highest BCUT2D eigenvalue weighted by Crippen LogP contribution is 2.12. The number of aryl methyl sites for hydroxylation is 3. The lowest BCUT2D eigenvalue weighted by Crippen LogP contribution is -2.32. The Morgan fingerprint density at radius 3 is 2.31 bits per heavy atom. The number of hydrogen-bond donors (Lipinski definition) is 2. The number of benzene rings is 2. The Hall–Kier alpha value is -2.35. The third kappa shape index (κ3) is 6.59. The van der Waals surface area contributed by atoms with E-state index in [2.05, 4.69) is 60.8 Å². The van der Waals surface area contributed by atoms with Crippen molar-refractivity contribution >= 4 is 35.6 Å². The summed E-state index contributed by atoms with van der Waals surface area (Å²) in [4.78, 5) is 4.77. The highest BCUT2D eigenvalue weighted by atomic mass is 127. The third-order valence-corrected chi connectivity index (χ3v) is 4.90. The van der Waals surface area contributed by atoms with Gasteiger partial charge >= 0.3 is 0 Å². The van der Waals surface area contributed by atoms with Gasteiger partial charge in [0, 0.05) is 25.0 Å². The molecule has 1 aromatic heterocycles. The number of rotatable bonds is 6. The van der Waals surface area contributed by atoms with E-state index in [1.54, 1.807) is 0 Å². The van der Waals surface area contributed by atoms with E-state index in [1.807, 2.05) is 42.1 Å². The lowest BCUT2D eigenvalue weighted by atomic mass is 10.1. The van der Waals surface area contributed by atoms with Gasteiger partial charge in [0.15, 0.2) is 5.96 Å². The Kier molecular flexibility index (Phi) is 8.70. The van der Waals surface area contributed by atoms with Gasteiger partial charge < -0.3 is 10.6 Å². The summed E-state index contributed by atoms with van der Waals surface area (Å²) in [5.74, 6) is 0.783. The fourth-order valence-corrected chi connectivity index (χ4v) is 3.15. The summed E-state index contributed by atoms with van der Waals surface area (Å²) in [6.07, 6.45) is 0.908. The number of hydrogen-bond acceptors (Lipinski definition) is 2. The first-order chi connectivity index (χ1) is 13.5. The molecule has 0 saturated heterocycles. The maximum absolute atomic E-state index is 4.77. The van der Waals surface area contributed by atoms with Crippen LogP contribution in [-0.2, 0) is 20.0 Å². The van der Waals surface area contributed by atoms with Crippen LogP contribution in [0.2, 0.25) is 0 Å². The minimum absolute atomic E-state index is 0. The molecule has 0 unspecified atom stereocenters. The first-order valence-corrected chi connectivity index (χ1v) is 9.68. The van der Waals surface area contributed by atoms with Gasteiger partial charge in [-0.3, -0.25) is 4.68 Å². The van der Waals surface area contributed by atoms with E-state index in [9.17, 15) is 0 Å². The van der Waals surface area contributed by atoms with Crippen LogP contribution in [0.5, 0.6) is 0 Å². The molecule has 0 amide bonds. The number of nitrogens with zero attached hydrogens (tertiary/aromatic N) is 3. The van der Waals surface area contributed by atoms with Crippen molar-refractivity contribution in [2.75, 3.05) is 11.9 Å². The SMILES string of the molecule is Cc1ccc(CN=C(NCCc2c(C)nn(C)c2C)Nc2ccccc2)cc1.I. The average Bonchev–Trinajstić information content (AvgIpc) is 2.94.